The number of carbonyl (C=O) groups excluding carboxylic acids is 4. The van der Waals surface area contributed by atoms with Crippen molar-refractivity contribution in [3.63, 3.8) is 0 Å². The minimum absolute atomic E-state index is 0. The summed E-state index contributed by atoms with van der Waals surface area (Å²) in [7, 11) is 5.36. The molecule has 0 aromatic carbocycles. The van der Waals surface area contributed by atoms with E-state index in [0.29, 0.717) is 43.2 Å². The first kappa shape index (κ1) is 54.5. The highest BCUT2D eigenvalue weighted by Crippen LogP contribution is 2.20. The lowest BCUT2D eigenvalue weighted by molar-refractivity contribution is 0.0220. The van der Waals surface area contributed by atoms with Gasteiger partial charge in [-0.05, 0) is 111 Å². The van der Waals surface area contributed by atoms with Crippen LogP contribution in [0, 0.1) is 17.8 Å². The fourth-order valence-electron chi connectivity index (χ4n) is 6.23. The maximum Gasteiger partial charge on any atom is 0.410 e. The molecular formula is C43H61ClF3N9O8. The summed E-state index contributed by atoms with van der Waals surface area (Å²) in [5, 5.41) is 14.7. The van der Waals surface area contributed by atoms with E-state index in [1.165, 1.54) is 35.5 Å². The van der Waals surface area contributed by atoms with E-state index in [-0.39, 0.29) is 48.0 Å². The maximum atomic E-state index is 12.8. The van der Waals surface area contributed by atoms with Crippen molar-refractivity contribution in [3.05, 3.63) is 89.5 Å². The second-order valence-electron chi connectivity index (χ2n) is 17.0. The molecule has 3 atom stereocenters. The zero-order valence-electron chi connectivity index (χ0n) is 37.8. The monoisotopic (exact) mass is 923 g/mol. The summed E-state index contributed by atoms with van der Waals surface area (Å²) in [6.45, 7) is 15.3. The molecule has 3 aromatic rings. The molecule has 0 aliphatic carbocycles. The number of aromatic carboxylic acids is 1. The van der Waals surface area contributed by atoms with Crippen LogP contribution in [0.2, 0.25) is 0 Å². The molecule has 3 fully saturated rings. The normalized spacial score (nSPS) is 17.8. The Morgan fingerprint density at radius 2 is 1.11 bits per heavy atom. The van der Waals surface area contributed by atoms with Gasteiger partial charge in [0.05, 0.1) is 22.7 Å². The van der Waals surface area contributed by atoms with E-state index in [9.17, 15) is 37.1 Å². The first-order chi connectivity index (χ1) is 29.5. The summed E-state index contributed by atoms with van der Waals surface area (Å²) < 4.78 is 48.1. The molecular weight excluding hydrogens is 863 g/mol. The van der Waals surface area contributed by atoms with Gasteiger partial charge in [0.2, 0.25) is 17.8 Å². The molecule has 0 bridgehead atoms. The SMILES string of the molecule is CN(C(=O)OC(C)(C)C)[C@H]1CCN(C(=O)c2ccc(F)nc2)C1.CN(C(=O)OC(C)(C)C)[C@H]1CCNC1.CN[C@H]1CCN(C(=O)c2ccc(F)nc2)C1.Cl.O=C(O)c1ccc(F)nc1. The molecule has 0 unspecified atom stereocenters. The van der Waals surface area contributed by atoms with Crippen LogP contribution in [-0.2, 0) is 9.47 Å². The molecule has 3 aliphatic rings. The van der Waals surface area contributed by atoms with Crippen LogP contribution in [0.1, 0.15) is 91.9 Å². The molecule has 3 aliphatic heterocycles. The number of aromatic nitrogens is 3. The van der Waals surface area contributed by atoms with Crippen LogP contribution in [0.25, 0.3) is 0 Å². The van der Waals surface area contributed by atoms with Gasteiger partial charge in [0.15, 0.2) is 0 Å². The summed E-state index contributed by atoms with van der Waals surface area (Å²) in [5.74, 6) is -3.25. The third-order valence-electron chi connectivity index (χ3n) is 9.75. The summed E-state index contributed by atoms with van der Waals surface area (Å²) in [6, 6.07) is 7.96. The van der Waals surface area contributed by atoms with Crippen molar-refractivity contribution >= 4 is 42.4 Å². The van der Waals surface area contributed by atoms with Crippen molar-refractivity contribution in [2.24, 2.45) is 0 Å². The fraction of sp³-hybridized carbons (Fsp3) is 0.535. The molecule has 3 saturated heterocycles. The van der Waals surface area contributed by atoms with Crippen molar-refractivity contribution < 1.29 is 51.7 Å². The van der Waals surface area contributed by atoms with E-state index < -0.39 is 41.1 Å². The van der Waals surface area contributed by atoms with E-state index in [2.05, 4.69) is 25.6 Å². The number of nitrogens with zero attached hydrogens (tertiary/aromatic N) is 7. The van der Waals surface area contributed by atoms with Crippen LogP contribution in [0.15, 0.2) is 55.0 Å². The number of hydrogen-bond donors (Lipinski definition) is 3. The Kier molecular flexibility index (Phi) is 21.3. The number of nitrogens with one attached hydrogen (secondary N) is 2. The van der Waals surface area contributed by atoms with Crippen LogP contribution >= 0.6 is 12.4 Å². The predicted octanol–water partition coefficient (Wildman–Crippen LogP) is 5.51. The van der Waals surface area contributed by atoms with Crippen molar-refractivity contribution in [3.8, 4) is 0 Å². The quantitative estimate of drug-likeness (QED) is 0.262. The third-order valence-corrected chi connectivity index (χ3v) is 9.75. The lowest BCUT2D eigenvalue weighted by Crippen LogP contribution is -2.42. The van der Waals surface area contributed by atoms with Gasteiger partial charge in [0.1, 0.15) is 11.2 Å². The Balaban J connectivity index is 0.000000304. The molecule has 21 heteroatoms. The van der Waals surface area contributed by atoms with Gasteiger partial charge in [-0.2, -0.15) is 13.2 Å². The number of pyridine rings is 3. The van der Waals surface area contributed by atoms with Crippen LogP contribution in [0.5, 0.6) is 0 Å². The highest BCUT2D eigenvalue weighted by molar-refractivity contribution is 5.94. The maximum absolute atomic E-state index is 12.8. The minimum Gasteiger partial charge on any atom is -0.478 e. The zero-order valence-corrected chi connectivity index (χ0v) is 38.6. The highest BCUT2D eigenvalue weighted by Gasteiger charge is 2.34. The van der Waals surface area contributed by atoms with E-state index >= 15 is 0 Å². The van der Waals surface area contributed by atoms with Crippen LogP contribution in [-0.4, -0.2) is 159 Å². The van der Waals surface area contributed by atoms with Crippen molar-refractivity contribution in [2.75, 3.05) is 60.4 Å². The molecule has 3 N–H and O–H groups in total. The second kappa shape index (κ2) is 25.0. The number of carboxylic acid groups (broad SMARTS) is 1. The van der Waals surface area contributed by atoms with E-state index in [4.69, 9.17) is 14.6 Å². The number of hydrogen-bond acceptors (Lipinski definition) is 12. The molecule has 0 saturated carbocycles. The summed E-state index contributed by atoms with van der Waals surface area (Å²) in [5.41, 5.74) is -0.192. The Bertz CT molecular complexity index is 1970. The first-order valence-electron chi connectivity index (χ1n) is 20.4. The number of halogens is 4. The first-order valence-corrected chi connectivity index (χ1v) is 20.4. The number of carbonyl (C=O) groups is 5. The smallest absolute Gasteiger partial charge is 0.410 e. The van der Waals surface area contributed by atoms with Gasteiger partial charge in [-0.1, -0.05) is 0 Å². The Labute approximate surface area is 378 Å². The van der Waals surface area contributed by atoms with Gasteiger partial charge >= 0.3 is 18.2 Å². The Morgan fingerprint density at radius 3 is 1.47 bits per heavy atom. The molecule has 64 heavy (non-hydrogen) atoms. The fourth-order valence-corrected chi connectivity index (χ4v) is 6.23. The lowest BCUT2D eigenvalue weighted by atomic mass is 10.2. The molecule has 6 rings (SSSR count). The summed E-state index contributed by atoms with van der Waals surface area (Å²) >= 11 is 0. The molecule has 17 nitrogen and oxygen atoms in total. The molecule has 3 aromatic heterocycles. The summed E-state index contributed by atoms with van der Waals surface area (Å²) in [6.07, 6.45) is 5.49. The Hall–Kier alpha value is -5.60. The van der Waals surface area contributed by atoms with Crippen LogP contribution in [0.3, 0.4) is 0 Å². The number of rotatable bonds is 6. The Morgan fingerprint density at radius 1 is 0.688 bits per heavy atom. The highest BCUT2D eigenvalue weighted by atomic mass is 35.5. The number of likely N-dealkylation sites (tertiary alicyclic amines) is 2. The van der Waals surface area contributed by atoms with Gasteiger partial charge in [-0.3, -0.25) is 9.59 Å². The summed E-state index contributed by atoms with van der Waals surface area (Å²) in [4.78, 5) is 74.9. The second-order valence-corrected chi connectivity index (χ2v) is 17.0. The number of likely N-dealkylation sites (N-methyl/N-ethyl adjacent to an activating group) is 3. The molecule has 6 heterocycles. The van der Waals surface area contributed by atoms with Gasteiger partial charge in [-0.25, -0.2) is 29.3 Å². The molecule has 354 valence electrons. The van der Waals surface area contributed by atoms with E-state index in [1.54, 1.807) is 28.8 Å². The van der Waals surface area contributed by atoms with Gasteiger partial charge in [-0.15, -0.1) is 12.4 Å². The average Bonchev–Trinajstić information content (AvgIpc) is 4.04. The van der Waals surface area contributed by atoms with Gasteiger partial charge in [0, 0.05) is 77.5 Å². The third kappa shape index (κ3) is 18.2. The van der Waals surface area contributed by atoms with Gasteiger partial charge in [0.25, 0.3) is 11.8 Å². The average molecular weight is 924 g/mol. The van der Waals surface area contributed by atoms with Crippen molar-refractivity contribution in [1.82, 2.24) is 45.2 Å². The van der Waals surface area contributed by atoms with Crippen molar-refractivity contribution in [2.45, 2.75) is 90.1 Å². The lowest BCUT2D eigenvalue weighted by Gasteiger charge is -2.28. The van der Waals surface area contributed by atoms with Gasteiger partial charge < -0.3 is 44.8 Å². The van der Waals surface area contributed by atoms with E-state index in [1.807, 2.05) is 48.6 Å². The zero-order chi connectivity index (χ0) is 47.1. The largest absolute Gasteiger partial charge is 0.478 e. The van der Waals surface area contributed by atoms with Crippen molar-refractivity contribution in [1.29, 1.82) is 0 Å². The van der Waals surface area contributed by atoms with E-state index in [0.717, 1.165) is 56.9 Å². The molecule has 0 radical (unpaired) electrons. The van der Waals surface area contributed by atoms with Crippen LogP contribution in [0.4, 0.5) is 22.8 Å². The predicted molar refractivity (Wildman–Crippen MR) is 234 cm³/mol. The molecule has 4 amide bonds. The standard InChI is InChI=1S/C16H22FN3O3.C11H14FN3O.C10H20N2O2.C6H4FNO2.ClH/c1-16(2,3)23-15(22)19(4)12-7-8-20(10-12)14(21)11-5-6-13(17)18-9-11;1-13-9-4-5-15(7-9)11(16)8-2-3-10(12)14-6-8;1-10(2,3)14-9(13)12(4)8-5-6-11-7-8;7-5-2-1-4(3-8-5)6(9)10;/h5-6,9,12H,7-8,10H2,1-4H3;2-3,6,9,13H,4-5,7H2,1H3;8,11H,5-7H2,1-4H3;1-3H,(H,9,10);1H/t12-;9-;8-;;/m000../s1. The number of carboxylic acids is 1. The number of amides is 4. The minimum atomic E-state index is -1.10. The topological polar surface area (TPSA) is 200 Å². The molecule has 0 spiro atoms. The van der Waals surface area contributed by atoms with Crippen LogP contribution < -0.4 is 10.6 Å². The number of ether oxygens (including phenoxy) is 2.